The Morgan fingerprint density at radius 2 is 2.00 bits per heavy atom. The molecule has 4 aromatic rings. The van der Waals surface area contributed by atoms with E-state index in [2.05, 4.69) is 20.5 Å². The number of carbonyl (C=O) groups excluding carboxylic acids is 1. The maximum Gasteiger partial charge on any atom is 0.258 e. The summed E-state index contributed by atoms with van der Waals surface area (Å²) >= 11 is 0. The summed E-state index contributed by atoms with van der Waals surface area (Å²) in [5, 5.41) is 10.7. The molecule has 0 fully saturated rings. The topological polar surface area (TPSA) is 72.2 Å². The van der Waals surface area contributed by atoms with Gasteiger partial charge in [-0.25, -0.2) is 9.37 Å². The van der Waals surface area contributed by atoms with Gasteiger partial charge in [-0.15, -0.1) is 10.2 Å². The third kappa shape index (κ3) is 3.67. The third-order valence-electron chi connectivity index (χ3n) is 4.20. The lowest BCUT2D eigenvalue weighted by Gasteiger charge is -2.07. The molecule has 0 unspecified atom stereocenters. The van der Waals surface area contributed by atoms with E-state index in [9.17, 15) is 9.18 Å². The van der Waals surface area contributed by atoms with Gasteiger partial charge in [0.2, 0.25) is 0 Å². The minimum absolute atomic E-state index is 0.260. The summed E-state index contributed by atoms with van der Waals surface area (Å²) in [6.45, 7) is 1.82. The van der Waals surface area contributed by atoms with Crippen LogP contribution in [-0.2, 0) is 6.42 Å². The summed E-state index contributed by atoms with van der Waals surface area (Å²) in [6, 6.07) is 13.5. The molecule has 0 aliphatic heterocycles. The van der Waals surface area contributed by atoms with Gasteiger partial charge in [-0.2, -0.15) is 0 Å². The zero-order valence-electron chi connectivity index (χ0n) is 14.6. The van der Waals surface area contributed by atoms with E-state index in [-0.39, 0.29) is 11.7 Å². The molecule has 1 aromatic carbocycles. The van der Waals surface area contributed by atoms with Crippen LogP contribution in [0, 0.1) is 12.7 Å². The molecule has 0 spiro atoms. The van der Waals surface area contributed by atoms with Crippen molar-refractivity contribution in [3.8, 4) is 0 Å². The van der Waals surface area contributed by atoms with Crippen molar-refractivity contribution in [3.63, 3.8) is 0 Å². The summed E-state index contributed by atoms with van der Waals surface area (Å²) in [5.41, 5.74) is 2.96. The van der Waals surface area contributed by atoms with Crippen molar-refractivity contribution in [2.45, 2.75) is 13.3 Å². The first kappa shape index (κ1) is 16.8. The molecule has 0 saturated heterocycles. The number of amides is 1. The highest BCUT2D eigenvalue weighted by Gasteiger charge is 2.10. The molecule has 3 aromatic heterocycles. The minimum atomic E-state index is -0.268. The van der Waals surface area contributed by atoms with Crippen molar-refractivity contribution in [1.29, 1.82) is 0 Å². The average molecular weight is 361 g/mol. The Balaban J connectivity index is 1.47. The molecule has 0 aliphatic rings. The van der Waals surface area contributed by atoms with Gasteiger partial charge in [-0.1, -0.05) is 18.2 Å². The first-order chi connectivity index (χ1) is 13.1. The first-order valence-electron chi connectivity index (χ1n) is 8.40. The van der Waals surface area contributed by atoms with Gasteiger partial charge in [0.05, 0.1) is 5.56 Å². The number of hydrogen-bond donors (Lipinski definition) is 1. The van der Waals surface area contributed by atoms with E-state index in [0.29, 0.717) is 29.3 Å². The summed E-state index contributed by atoms with van der Waals surface area (Å²) in [4.78, 5) is 16.7. The summed E-state index contributed by atoms with van der Waals surface area (Å²) < 4.78 is 15.0. The lowest BCUT2D eigenvalue weighted by molar-refractivity contribution is 0.102. The van der Waals surface area contributed by atoms with Gasteiger partial charge in [0, 0.05) is 12.4 Å². The first-order valence-corrected chi connectivity index (χ1v) is 8.40. The van der Waals surface area contributed by atoms with E-state index in [0.717, 1.165) is 11.1 Å². The lowest BCUT2D eigenvalue weighted by Crippen LogP contribution is -2.13. The van der Waals surface area contributed by atoms with Gasteiger partial charge >= 0.3 is 0 Å². The predicted octanol–water partition coefficient (Wildman–Crippen LogP) is 3.41. The van der Waals surface area contributed by atoms with Crippen LogP contribution in [0.4, 0.5) is 10.2 Å². The van der Waals surface area contributed by atoms with Crippen molar-refractivity contribution in [2.24, 2.45) is 0 Å². The third-order valence-corrected chi connectivity index (χ3v) is 4.20. The molecular formula is C20H16FN5O. The molecular weight excluding hydrogens is 345 g/mol. The normalized spacial score (nSPS) is 10.9. The molecule has 4 rings (SSSR count). The van der Waals surface area contributed by atoms with Crippen LogP contribution in [0.3, 0.4) is 0 Å². The molecule has 0 atom stereocenters. The van der Waals surface area contributed by atoms with Crippen molar-refractivity contribution in [1.82, 2.24) is 19.6 Å². The van der Waals surface area contributed by atoms with Gasteiger partial charge < -0.3 is 5.32 Å². The molecule has 1 amide bonds. The second-order valence-electron chi connectivity index (χ2n) is 6.21. The zero-order chi connectivity index (χ0) is 18.8. The van der Waals surface area contributed by atoms with E-state index in [4.69, 9.17) is 0 Å². The fourth-order valence-electron chi connectivity index (χ4n) is 2.81. The number of anilines is 1. The molecule has 7 heteroatoms. The molecule has 0 aliphatic carbocycles. The average Bonchev–Trinajstić information content (AvgIpc) is 3.04. The Labute approximate surface area is 154 Å². The molecule has 0 radical (unpaired) electrons. The van der Waals surface area contributed by atoms with Crippen LogP contribution in [0.5, 0.6) is 0 Å². The summed E-state index contributed by atoms with van der Waals surface area (Å²) in [7, 11) is 0. The molecule has 1 N–H and O–H groups in total. The maximum atomic E-state index is 13.3. The van der Waals surface area contributed by atoms with E-state index in [1.54, 1.807) is 41.1 Å². The second-order valence-corrected chi connectivity index (χ2v) is 6.21. The monoisotopic (exact) mass is 361 g/mol. The Kier molecular flexibility index (Phi) is 4.33. The molecule has 6 nitrogen and oxygen atoms in total. The smallest absolute Gasteiger partial charge is 0.258 e. The number of aromatic nitrogens is 4. The van der Waals surface area contributed by atoms with Crippen molar-refractivity contribution in [2.75, 3.05) is 5.32 Å². The van der Waals surface area contributed by atoms with Crippen LogP contribution in [0.1, 0.15) is 27.3 Å². The number of rotatable bonds is 4. The van der Waals surface area contributed by atoms with Crippen molar-refractivity contribution < 1.29 is 9.18 Å². The van der Waals surface area contributed by atoms with Gasteiger partial charge in [-0.3, -0.25) is 9.20 Å². The predicted molar refractivity (Wildman–Crippen MR) is 99.1 cm³/mol. The van der Waals surface area contributed by atoms with E-state index in [1.807, 2.05) is 19.1 Å². The highest BCUT2D eigenvalue weighted by atomic mass is 19.1. The Bertz CT molecular complexity index is 1120. The Morgan fingerprint density at radius 3 is 2.78 bits per heavy atom. The minimum Gasteiger partial charge on any atom is -0.307 e. The van der Waals surface area contributed by atoms with Crippen LogP contribution in [0.2, 0.25) is 0 Å². The highest BCUT2D eigenvalue weighted by Crippen LogP contribution is 2.13. The van der Waals surface area contributed by atoms with E-state index in [1.165, 1.54) is 12.1 Å². The van der Waals surface area contributed by atoms with Crippen LogP contribution in [0.15, 0.2) is 60.9 Å². The summed E-state index contributed by atoms with van der Waals surface area (Å²) in [5.74, 6) is 0.628. The number of halogens is 1. The molecule has 0 saturated carbocycles. The molecule has 27 heavy (non-hydrogen) atoms. The van der Waals surface area contributed by atoms with Gasteiger partial charge in [0.15, 0.2) is 5.65 Å². The number of hydrogen-bond acceptors (Lipinski definition) is 4. The van der Waals surface area contributed by atoms with Crippen LogP contribution in [0.25, 0.3) is 5.65 Å². The Morgan fingerprint density at radius 1 is 1.11 bits per heavy atom. The SMILES string of the molecule is Cc1nnc2ccc(C(=O)Nc3ccc(Cc4cccc(F)c4)cn3)cn12. The van der Waals surface area contributed by atoms with Crippen LogP contribution >= 0.6 is 0 Å². The largest absolute Gasteiger partial charge is 0.307 e. The number of aryl methyl sites for hydroxylation is 1. The van der Waals surface area contributed by atoms with Crippen LogP contribution < -0.4 is 5.32 Å². The highest BCUT2D eigenvalue weighted by molar-refractivity contribution is 6.03. The number of fused-ring (bicyclic) bond motifs is 1. The van der Waals surface area contributed by atoms with Gasteiger partial charge in [0.1, 0.15) is 17.5 Å². The standard InChI is InChI=1S/C20H16FN5O/c1-13-24-25-19-8-6-16(12-26(13)19)20(27)23-18-7-5-15(11-22-18)9-14-3-2-4-17(21)10-14/h2-8,10-12H,9H2,1H3,(H,22,23,27). The quantitative estimate of drug-likeness (QED) is 0.605. The van der Waals surface area contributed by atoms with Gasteiger partial charge in [0.25, 0.3) is 5.91 Å². The number of benzene rings is 1. The second kappa shape index (κ2) is 6.95. The fraction of sp³-hybridized carbons (Fsp3) is 0.100. The van der Waals surface area contributed by atoms with Crippen molar-refractivity contribution in [3.05, 3.63) is 89.3 Å². The van der Waals surface area contributed by atoms with E-state index < -0.39 is 0 Å². The molecule has 134 valence electrons. The molecule has 0 bridgehead atoms. The number of carbonyl (C=O) groups is 1. The lowest BCUT2D eigenvalue weighted by atomic mass is 10.1. The molecule has 3 heterocycles. The van der Waals surface area contributed by atoms with E-state index >= 15 is 0 Å². The summed E-state index contributed by atoms with van der Waals surface area (Å²) in [6.07, 6.45) is 3.94. The number of pyridine rings is 2. The number of nitrogens with zero attached hydrogens (tertiary/aromatic N) is 4. The van der Waals surface area contributed by atoms with Crippen molar-refractivity contribution >= 4 is 17.4 Å². The van der Waals surface area contributed by atoms with Crippen LogP contribution in [-0.4, -0.2) is 25.5 Å². The number of nitrogens with one attached hydrogen (secondary N) is 1. The zero-order valence-corrected chi connectivity index (χ0v) is 14.6. The van der Waals surface area contributed by atoms with Gasteiger partial charge in [-0.05, 0) is 54.8 Å². The maximum absolute atomic E-state index is 13.3. The fourth-order valence-corrected chi connectivity index (χ4v) is 2.81. The Hall–Kier alpha value is -3.61.